The van der Waals surface area contributed by atoms with E-state index in [1.165, 1.54) is 15.9 Å². The van der Waals surface area contributed by atoms with Gasteiger partial charge in [0.2, 0.25) is 0 Å². The Morgan fingerprint density at radius 3 is 1.25 bits per heavy atom. The Morgan fingerprint density at radius 1 is 0.571 bits per heavy atom. The van der Waals surface area contributed by atoms with E-state index in [1.807, 2.05) is 0 Å². The second-order valence-corrected chi connectivity index (χ2v) is 11.6. The minimum absolute atomic E-state index is 0.130. The van der Waals surface area contributed by atoms with E-state index in [1.54, 1.807) is 0 Å². The zero-order chi connectivity index (χ0) is 20.5. The highest BCUT2D eigenvalue weighted by molar-refractivity contribution is 7.79. The van der Waals surface area contributed by atoms with Crippen LogP contribution in [0.5, 0.6) is 5.75 Å². The van der Waals surface area contributed by atoms with Gasteiger partial charge in [0.25, 0.3) is 0 Å². The van der Waals surface area contributed by atoms with Crippen molar-refractivity contribution >= 4 is 23.8 Å². The number of hydrogen-bond donors (Lipinski definition) is 1. The molecule has 1 N–H and O–H groups in total. The van der Waals surface area contributed by atoms with E-state index in [4.69, 9.17) is 0 Å². The van der Waals surface area contributed by atoms with Crippen molar-refractivity contribution in [1.29, 1.82) is 0 Å². The second kappa shape index (κ2) is 7.72. The molecule has 1 nitrogen and oxygen atoms in total. The molecule has 2 heteroatoms. The van der Waals surface area contributed by atoms with Gasteiger partial charge >= 0.3 is 0 Å². The molecule has 0 saturated heterocycles. The van der Waals surface area contributed by atoms with Crippen LogP contribution in [-0.4, -0.2) is 5.11 Å². The van der Waals surface area contributed by atoms with Crippen molar-refractivity contribution in [3.05, 3.63) is 83.9 Å². The molecule has 0 aliphatic rings. The maximum Gasteiger partial charge on any atom is 0.123 e. The van der Waals surface area contributed by atoms with Crippen molar-refractivity contribution in [3.8, 4) is 5.75 Å². The molecule has 28 heavy (non-hydrogen) atoms. The lowest BCUT2D eigenvalue weighted by Crippen LogP contribution is -2.25. The summed E-state index contributed by atoms with van der Waals surface area (Å²) in [5.41, 5.74) is 1.78. The third kappa shape index (κ3) is 4.31. The lowest BCUT2D eigenvalue weighted by molar-refractivity contribution is 0.424. The smallest absolute Gasteiger partial charge is 0.123 e. The first-order chi connectivity index (χ1) is 13.1. The molecule has 0 radical (unpaired) electrons. The highest BCUT2D eigenvalue weighted by Gasteiger charge is 2.29. The average molecular weight is 391 g/mol. The van der Waals surface area contributed by atoms with Gasteiger partial charge in [0.1, 0.15) is 5.75 Å². The molecule has 3 aromatic carbocycles. The zero-order valence-electron chi connectivity index (χ0n) is 17.8. The SMILES string of the molecule is CC(C)(C)c1cc(P(c2ccccc2)c2ccccc2)cc(C(C)(C)C)c1O. The van der Waals surface area contributed by atoms with Crippen LogP contribution >= 0.6 is 7.92 Å². The van der Waals surface area contributed by atoms with E-state index in [-0.39, 0.29) is 10.8 Å². The number of hydrogen-bond acceptors (Lipinski definition) is 1. The lowest BCUT2D eigenvalue weighted by Gasteiger charge is -2.30. The van der Waals surface area contributed by atoms with E-state index in [2.05, 4.69) is 114 Å². The minimum atomic E-state index is -0.696. The fourth-order valence-corrected chi connectivity index (χ4v) is 5.84. The van der Waals surface area contributed by atoms with Gasteiger partial charge in [-0.15, -0.1) is 0 Å². The summed E-state index contributed by atoms with van der Waals surface area (Å²) in [4.78, 5) is 0. The Labute approximate surface area is 171 Å². The average Bonchev–Trinajstić information content (AvgIpc) is 2.63. The molecule has 3 rings (SSSR count). The van der Waals surface area contributed by atoms with Gasteiger partial charge in [0, 0.05) is 11.1 Å². The van der Waals surface area contributed by atoms with Crippen molar-refractivity contribution < 1.29 is 5.11 Å². The Kier molecular flexibility index (Phi) is 5.69. The van der Waals surface area contributed by atoms with Crippen molar-refractivity contribution in [1.82, 2.24) is 0 Å². The van der Waals surface area contributed by atoms with E-state index in [9.17, 15) is 5.11 Å². The standard InChI is InChI=1S/C26H31OP/c1-25(2,3)22-17-21(18-23(24(22)27)26(4,5)6)28(19-13-9-7-10-14-19)20-15-11-8-12-16-20/h7-18,27H,1-6H3. The summed E-state index contributed by atoms with van der Waals surface area (Å²) in [5, 5.41) is 15.1. The van der Waals surface area contributed by atoms with Crippen molar-refractivity contribution in [2.75, 3.05) is 0 Å². The Morgan fingerprint density at radius 2 is 0.929 bits per heavy atom. The molecule has 0 aromatic heterocycles. The van der Waals surface area contributed by atoms with Crippen LogP contribution in [0.2, 0.25) is 0 Å². The minimum Gasteiger partial charge on any atom is -0.507 e. The first kappa shape index (κ1) is 20.6. The van der Waals surface area contributed by atoms with Crippen LogP contribution in [0.4, 0.5) is 0 Å². The molecule has 0 saturated carbocycles. The normalized spacial score (nSPS) is 12.4. The van der Waals surface area contributed by atoms with E-state index in [0.717, 1.165) is 11.1 Å². The highest BCUT2D eigenvalue weighted by atomic mass is 31.1. The quantitative estimate of drug-likeness (QED) is 0.565. The number of rotatable bonds is 3. The molecular formula is C26H31OP. The largest absolute Gasteiger partial charge is 0.507 e. The summed E-state index contributed by atoms with van der Waals surface area (Å²) in [6.45, 7) is 13.0. The molecule has 0 aliphatic heterocycles. The first-order valence-electron chi connectivity index (χ1n) is 9.87. The topological polar surface area (TPSA) is 20.2 Å². The maximum atomic E-state index is 11.1. The molecule has 3 aromatic rings. The number of aromatic hydroxyl groups is 1. The molecular weight excluding hydrogens is 359 g/mol. The van der Waals surface area contributed by atoms with Gasteiger partial charge in [-0.25, -0.2) is 0 Å². The van der Waals surface area contributed by atoms with E-state index >= 15 is 0 Å². The summed E-state index contributed by atoms with van der Waals surface area (Å²) < 4.78 is 0. The van der Waals surface area contributed by atoms with Crippen molar-refractivity contribution in [2.24, 2.45) is 0 Å². The molecule has 0 atom stereocenters. The van der Waals surface area contributed by atoms with E-state index in [0.29, 0.717) is 5.75 Å². The number of benzene rings is 3. The molecule has 0 aliphatic carbocycles. The monoisotopic (exact) mass is 390 g/mol. The number of phenolic OH excluding ortho intramolecular Hbond substituents is 1. The molecule has 0 amide bonds. The third-order valence-electron chi connectivity index (χ3n) is 5.00. The van der Waals surface area contributed by atoms with Gasteiger partial charge in [0.15, 0.2) is 0 Å². The molecule has 0 unspecified atom stereocenters. The molecule has 0 fully saturated rings. The first-order valence-corrected chi connectivity index (χ1v) is 11.2. The van der Waals surface area contributed by atoms with Crippen LogP contribution in [0.3, 0.4) is 0 Å². The molecule has 146 valence electrons. The second-order valence-electron chi connectivity index (χ2n) is 9.40. The fourth-order valence-electron chi connectivity index (χ4n) is 3.49. The van der Waals surface area contributed by atoms with Gasteiger partial charge in [-0.2, -0.15) is 0 Å². The Balaban J connectivity index is 2.32. The number of phenols is 1. The lowest BCUT2D eigenvalue weighted by atomic mass is 9.79. The van der Waals surface area contributed by atoms with Crippen molar-refractivity contribution in [2.45, 2.75) is 52.4 Å². The van der Waals surface area contributed by atoms with Crippen LogP contribution in [0.15, 0.2) is 72.8 Å². The summed E-state index contributed by atoms with van der Waals surface area (Å²) in [6.07, 6.45) is 0. The zero-order valence-corrected chi connectivity index (χ0v) is 18.7. The highest BCUT2D eigenvalue weighted by Crippen LogP contribution is 2.42. The fraction of sp³-hybridized carbons (Fsp3) is 0.308. The predicted molar refractivity (Wildman–Crippen MR) is 124 cm³/mol. The van der Waals surface area contributed by atoms with Crippen LogP contribution in [0.25, 0.3) is 0 Å². The summed E-state index contributed by atoms with van der Waals surface area (Å²) >= 11 is 0. The Hall–Kier alpha value is -2.11. The predicted octanol–water partition coefficient (Wildman–Crippen LogP) is 5.75. The molecule has 0 heterocycles. The summed E-state index contributed by atoms with van der Waals surface area (Å²) in [7, 11) is -0.696. The van der Waals surface area contributed by atoms with Gasteiger partial charge in [-0.05, 0) is 46.8 Å². The van der Waals surface area contributed by atoms with Crippen LogP contribution < -0.4 is 15.9 Å². The van der Waals surface area contributed by atoms with Gasteiger partial charge in [-0.3, -0.25) is 0 Å². The van der Waals surface area contributed by atoms with Gasteiger partial charge in [0.05, 0.1) is 0 Å². The van der Waals surface area contributed by atoms with Gasteiger partial charge in [-0.1, -0.05) is 102 Å². The van der Waals surface area contributed by atoms with E-state index < -0.39 is 7.92 Å². The Bertz CT molecular complexity index is 857. The third-order valence-corrected chi connectivity index (χ3v) is 7.40. The van der Waals surface area contributed by atoms with Crippen molar-refractivity contribution in [3.63, 3.8) is 0 Å². The summed E-state index contributed by atoms with van der Waals surface area (Å²) in [6, 6.07) is 25.9. The van der Waals surface area contributed by atoms with Crippen LogP contribution in [0, 0.1) is 0 Å². The van der Waals surface area contributed by atoms with Crippen LogP contribution in [0.1, 0.15) is 52.7 Å². The van der Waals surface area contributed by atoms with Gasteiger partial charge < -0.3 is 5.11 Å². The maximum absolute atomic E-state index is 11.1. The molecule has 0 spiro atoms. The van der Waals surface area contributed by atoms with Crippen LogP contribution in [-0.2, 0) is 10.8 Å². The summed E-state index contributed by atoms with van der Waals surface area (Å²) in [5.74, 6) is 0.444. The molecule has 0 bridgehead atoms.